The molecule has 2 aliphatic rings. The number of alkyl halides is 3. The van der Waals surface area contributed by atoms with Crippen LogP contribution in [0.15, 0.2) is 23.5 Å². The van der Waals surface area contributed by atoms with Crippen LogP contribution < -0.4 is 10.1 Å². The van der Waals surface area contributed by atoms with Crippen LogP contribution in [0.3, 0.4) is 0 Å². The predicted molar refractivity (Wildman–Crippen MR) is 119 cm³/mol. The third-order valence-electron chi connectivity index (χ3n) is 6.35. The van der Waals surface area contributed by atoms with E-state index >= 15 is 0 Å². The normalized spacial score (nSPS) is 28.9. The highest BCUT2D eigenvalue weighted by atomic mass is 32.2. The predicted octanol–water partition coefficient (Wildman–Crippen LogP) is 1.61. The van der Waals surface area contributed by atoms with Crippen LogP contribution >= 0.6 is 0 Å². The molecular weight excluding hydrogens is 503 g/mol. The number of sulfonamides is 1. The number of nitriles is 1. The lowest BCUT2D eigenvalue weighted by atomic mass is 9.81. The minimum atomic E-state index is -3.90. The van der Waals surface area contributed by atoms with E-state index < -0.39 is 59.3 Å². The van der Waals surface area contributed by atoms with Crippen molar-refractivity contribution >= 4 is 16.0 Å². The second-order valence-electron chi connectivity index (χ2n) is 9.33. The molecule has 1 aliphatic carbocycles. The largest absolute Gasteiger partial charge is 0.470 e. The van der Waals surface area contributed by atoms with Crippen molar-refractivity contribution in [2.75, 3.05) is 18.4 Å². The Balaban J connectivity index is 1.45. The molecule has 2 aromatic rings. The minimum absolute atomic E-state index is 0.0304. The Morgan fingerprint density at radius 1 is 1.33 bits per heavy atom. The van der Waals surface area contributed by atoms with Crippen molar-refractivity contribution in [2.24, 2.45) is 7.05 Å². The first-order chi connectivity index (χ1) is 16.8. The molecule has 2 fully saturated rings. The van der Waals surface area contributed by atoms with Gasteiger partial charge >= 0.3 is 0 Å². The molecule has 0 amide bonds. The van der Waals surface area contributed by atoms with Crippen molar-refractivity contribution in [3.63, 3.8) is 0 Å². The molecule has 1 saturated heterocycles. The quantitative estimate of drug-likeness (QED) is 0.570. The van der Waals surface area contributed by atoms with Crippen LogP contribution in [0.2, 0.25) is 0 Å². The number of rotatable bonds is 6. The maximum Gasteiger partial charge on any atom is 0.251 e. The third kappa shape index (κ3) is 5.40. The number of nitrogens with one attached hydrogen (secondary N) is 1. The van der Waals surface area contributed by atoms with E-state index in [0.717, 1.165) is 10.5 Å². The maximum absolute atomic E-state index is 15.0. The number of aliphatic hydroxyl groups is 1. The van der Waals surface area contributed by atoms with Crippen LogP contribution in [0.25, 0.3) is 0 Å². The lowest BCUT2D eigenvalue weighted by molar-refractivity contribution is -0.162. The molecule has 1 aliphatic heterocycles. The van der Waals surface area contributed by atoms with Crippen molar-refractivity contribution in [1.82, 2.24) is 24.1 Å². The molecule has 0 aromatic carbocycles. The standard InChI is InChI=1S/C21H26F3N7O4S/c1-20(32)12-21(23,24)5-3-17(20)35-18-13(7-25)8-26-19(29-18)28-16-4-6-31(11-15(16)22)36(33,34)14-9-27-30(2)10-14/h8-10,15-17,32H,3-6,11-12H2,1-2H3,(H,26,28,29)/t15-,16-,17+,20-/m1/s1. The van der Waals surface area contributed by atoms with Gasteiger partial charge in [-0.15, -0.1) is 0 Å². The number of ether oxygens (including phenoxy) is 1. The molecule has 11 nitrogen and oxygen atoms in total. The highest BCUT2D eigenvalue weighted by Crippen LogP contribution is 2.41. The summed E-state index contributed by atoms with van der Waals surface area (Å²) in [7, 11) is -2.33. The van der Waals surface area contributed by atoms with Crippen molar-refractivity contribution in [3.05, 3.63) is 24.2 Å². The van der Waals surface area contributed by atoms with Gasteiger partial charge in [0.25, 0.3) is 5.92 Å². The van der Waals surface area contributed by atoms with Crippen LogP contribution in [-0.2, 0) is 17.1 Å². The molecule has 36 heavy (non-hydrogen) atoms. The van der Waals surface area contributed by atoms with Crippen LogP contribution in [-0.4, -0.2) is 80.5 Å². The topological polar surface area (TPSA) is 146 Å². The molecule has 4 atom stereocenters. The Kier molecular flexibility index (Phi) is 6.88. The van der Waals surface area contributed by atoms with Gasteiger partial charge in [-0.2, -0.15) is 19.6 Å². The summed E-state index contributed by atoms with van der Waals surface area (Å²) in [6.45, 7) is 0.875. The second kappa shape index (κ2) is 9.49. The zero-order valence-corrected chi connectivity index (χ0v) is 20.4. The Morgan fingerprint density at radius 3 is 2.69 bits per heavy atom. The molecule has 0 bridgehead atoms. The monoisotopic (exact) mass is 529 g/mol. The fourth-order valence-electron chi connectivity index (χ4n) is 4.41. The van der Waals surface area contributed by atoms with E-state index in [-0.39, 0.29) is 41.7 Å². The van der Waals surface area contributed by atoms with Crippen molar-refractivity contribution < 1.29 is 31.4 Å². The zero-order chi connectivity index (χ0) is 26.3. The van der Waals surface area contributed by atoms with Gasteiger partial charge in [0.2, 0.25) is 21.9 Å². The average molecular weight is 530 g/mol. The molecule has 3 heterocycles. The Morgan fingerprint density at radius 2 is 2.08 bits per heavy atom. The minimum Gasteiger partial charge on any atom is -0.470 e. The van der Waals surface area contributed by atoms with Gasteiger partial charge in [0, 0.05) is 39.2 Å². The first-order valence-electron chi connectivity index (χ1n) is 11.2. The smallest absolute Gasteiger partial charge is 0.251 e. The number of hydrogen-bond donors (Lipinski definition) is 2. The third-order valence-corrected chi connectivity index (χ3v) is 8.17. The van der Waals surface area contributed by atoms with E-state index in [4.69, 9.17) is 4.74 Å². The molecule has 2 aromatic heterocycles. The Hall–Kier alpha value is -2.96. The highest BCUT2D eigenvalue weighted by Gasteiger charge is 2.49. The number of aromatic nitrogens is 4. The van der Waals surface area contributed by atoms with E-state index in [1.807, 2.05) is 6.07 Å². The summed E-state index contributed by atoms with van der Waals surface area (Å²) < 4.78 is 76.0. The number of halogens is 3. The molecular formula is C21H26F3N7O4S. The number of anilines is 1. The van der Waals surface area contributed by atoms with Crippen molar-refractivity contribution in [1.29, 1.82) is 5.26 Å². The van der Waals surface area contributed by atoms with Crippen molar-refractivity contribution in [2.45, 2.75) is 67.3 Å². The SMILES string of the molecule is Cn1cc(S(=O)(=O)N2CC[C@@H](Nc3ncc(C#N)c(O[C@H]4CCC(F)(F)C[C@@]4(C)O)n3)[C@H](F)C2)cn1. The number of hydrogen-bond acceptors (Lipinski definition) is 9. The molecule has 15 heteroatoms. The highest BCUT2D eigenvalue weighted by molar-refractivity contribution is 7.89. The molecule has 0 spiro atoms. The fraction of sp³-hybridized carbons (Fsp3) is 0.619. The van der Waals surface area contributed by atoms with Crippen LogP contribution in [0.1, 0.15) is 38.2 Å². The van der Waals surface area contributed by atoms with Gasteiger partial charge in [0.1, 0.15) is 34.4 Å². The molecule has 0 unspecified atom stereocenters. The van der Waals surface area contributed by atoms with E-state index in [9.17, 15) is 32.0 Å². The summed E-state index contributed by atoms with van der Waals surface area (Å²) >= 11 is 0. The molecule has 4 rings (SSSR count). The average Bonchev–Trinajstić information content (AvgIpc) is 3.23. The number of piperidine rings is 1. The summed E-state index contributed by atoms with van der Waals surface area (Å²) in [6.07, 6.45) is -0.305. The zero-order valence-electron chi connectivity index (χ0n) is 19.6. The molecule has 1 saturated carbocycles. The van der Waals surface area contributed by atoms with Crippen LogP contribution in [0.4, 0.5) is 19.1 Å². The van der Waals surface area contributed by atoms with E-state index in [2.05, 4.69) is 20.4 Å². The lowest BCUT2D eigenvalue weighted by Gasteiger charge is -2.40. The Labute approximate surface area is 205 Å². The van der Waals surface area contributed by atoms with E-state index in [1.165, 1.54) is 24.0 Å². The van der Waals surface area contributed by atoms with Gasteiger partial charge in [-0.3, -0.25) is 4.68 Å². The second-order valence-corrected chi connectivity index (χ2v) is 11.3. The van der Waals surface area contributed by atoms with Gasteiger partial charge in [0.05, 0.1) is 18.4 Å². The summed E-state index contributed by atoms with van der Waals surface area (Å²) in [6, 6.07) is 1.02. The molecule has 2 N–H and O–H groups in total. The van der Waals surface area contributed by atoms with E-state index in [1.54, 1.807) is 7.05 Å². The summed E-state index contributed by atoms with van der Waals surface area (Å²) in [5, 5.41) is 26.5. The molecule has 0 radical (unpaired) electrons. The summed E-state index contributed by atoms with van der Waals surface area (Å²) in [5.74, 6) is -3.34. The fourth-order valence-corrected chi connectivity index (χ4v) is 5.86. The first kappa shape index (κ1) is 26.1. The number of aryl methyl sites for hydroxylation is 1. The van der Waals surface area contributed by atoms with Gasteiger partial charge < -0.3 is 15.2 Å². The summed E-state index contributed by atoms with van der Waals surface area (Å²) in [5.41, 5.74) is -1.94. The van der Waals surface area contributed by atoms with Gasteiger partial charge in [-0.05, 0) is 19.8 Å². The van der Waals surface area contributed by atoms with Gasteiger partial charge in [-0.25, -0.2) is 26.6 Å². The van der Waals surface area contributed by atoms with E-state index in [0.29, 0.717) is 0 Å². The van der Waals surface area contributed by atoms with Crippen molar-refractivity contribution in [3.8, 4) is 11.9 Å². The van der Waals surface area contributed by atoms with Gasteiger partial charge in [-0.1, -0.05) is 0 Å². The number of nitrogens with zero attached hydrogens (tertiary/aromatic N) is 6. The maximum atomic E-state index is 15.0. The summed E-state index contributed by atoms with van der Waals surface area (Å²) in [4.78, 5) is 8.07. The Bertz CT molecular complexity index is 1260. The lowest BCUT2D eigenvalue weighted by Crippen LogP contribution is -2.51. The van der Waals surface area contributed by atoms with Crippen LogP contribution in [0.5, 0.6) is 5.88 Å². The molecule has 196 valence electrons. The van der Waals surface area contributed by atoms with Gasteiger partial charge in [0.15, 0.2) is 0 Å². The first-order valence-corrected chi connectivity index (χ1v) is 12.7. The van der Waals surface area contributed by atoms with Crippen LogP contribution in [0, 0.1) is 11.3 Å².